The van der Waals surface area contributed by atoms with Crippen LogP contribution in [0.2, 0.25) is 0 Å². The van der Waals surface area contributed by atoms with Crippen molar-refractivity contribution < 1.29 is 4.79 Å². The van der Waals surface area contributed by atoms with Crippen molar-refractivity contribution in [3.63, 3.8) is 0 Å². The maximum atomic E-state index is 12.4. The van der Waals surface area contributed by atoms with Crippen LogP contribution in [-0.4, -0.2) is 55.2 Å². The number of aromatic amines is 1. The molecule has 8 nitrogen and oxygen atoms in total. The first-order valence-corrected chi connectivity index (χ1v) is 12.0. The third-order valence-corrected chi connectivity index (χ3v) is 5.22. The van der Waals surface area contributed by atoms with Gasteiger partial charge in [-0.15, -0.1) is 0 Å². The third-order valence-electron chi connectivity index (χ3n) is 5.22. The van der Waals surface area contributed by atoms with E-state index in [0.717, 1.165) is 78.5 Å². The Kier molecular flexibility index (Phi) is 8.63. The minimum atomic E-state index is 0.142. The second-order valence-electron chi connectivity index (χ2n) is 8.94. The Morgan fingerprint density at radius 2 is 1.94 bits per heavy atom. The number of nitrogens with one attached hydrogen (secondary N) is 2. The summed E-state index contributed by atoms with van der Waals surface area (Å²) >= 11 is 0. The van der Waals surface area contributed by atoms with Gasteiger partial charge in [0.1, 0.15) is 5.52 Å². The molecule has 0 bridgehead atoms. The standard InChI is InChI=1S/C21H27N7O.C4H10/c1-3-7-17(22-13-19(29)27-8-5-6-9-27)16-11-23-21-20(16)26-18(12-24-21)15-10-25-28(4-2)14-15;1-4(2)3/h7,10-12,14,22H,3-6,8-9,13H2,1-2H3,(H,23,24);4H,1-3H3/b17-7+;. The van der Waals surface area contributed by atoms with Crippen molar-refractivity contribution >= 4 is 22.8 Å². The van der Waals surface area contributed by atoms with E-state index in [1.54, 1.807) is 12.4 Å². The molecule has 4 rings (SSSR count). The first-order chi connectivity index (χ1) is 15.9. The summed E-state index contributed by atoms with van der Waals surface area (Å²) in [5.41, 5.74) is 5.05. The van der Waals surface area contributed by atoms with E-state index < -0.39 is 0 Å². The Morgan fingerprint density at radius 3 is 2.58 bits per heavy atom. The molecule has 33 heavy (non-hydrogen) atoms. The van der Waals surface area contributed by atoms with Crippen molar-refractivity contribution in [2.45, 2.75) is 60.4 Å². The van der Waals surface area contributed by atoms with Gasteiger partial charge in [0, 0.05) is 48.9 Å². The molecule has 0 aromatic carbocycles. The molecule has 2 N–H and O–H groups in total. The largest absolute Gasteiger partial charge is 0.376 e. The minimum absolute atomic E-state index is 0.142. The predicted octanol–water partition coefficient (Wildman–Crippen LogP) is 4.47. The SMILES string of the molecule is CC(C)C.CC/C=C(/NCC(=O)N1CCCC1)c1c[nH]c2ncc(-c3cnn(CC)c3)nc12. The summed E-state index contributed by atoms with van der Waals surface area (Å²) in [6.07, 6.45) is 12.6. The molecule has 1 aliphatic rings. The van der Waals surface area contributed by atoms with Gasteiger partial charge in [0.15, 0.2) is 5.65 Å². The lowest BCUT2D eigenvalue weighted by atomic mass is 10.2. The average molecular weight is 452 g/mol. The highest BCUT2D eigenvalue weighted by atomic mass is 16.2. The molecule has 1 fully saturated rings. The van der Waals surface area contributed by atoms with E-state index in [9.17, 15) is 4.79 Å². The van der Waals surface area contributed by atoms with Crippen molar-refractivity contribution in [1.82, 2.24) is 34.9 Å². The number of H-pyrrole nitrogens is 1. The van der Waals surface area contributed by atoms with Gasteiger partial charge in [-0.2, -0.15) is 5.10 Å². The lowest BCUT2D eigenvalue weighted by Gasteiger charge is -2.17. The van der Waals surface area contributed by atoms with Gasteiger partial charge >= 0.3 is 0 Å². The van der Waals surface area contributed by atoms with E-state index in [1.165, 1.54) is 0 Å². The zero-order valence-corrected chi connectivity index (χ0v) is 20.6. The van der Waals surface area contributed by atoms with Crippen LogP contribution < -0.4 is 5.32 Å². The summed E-state index contributed by atoms with van der Waals surface area (Å²) in [5.74, 6) is 0.975. The van der Waals surface area contributed by atoms with Crippen molar-refractivity contribution in [2.75, 3.05) is 19.6 Å². The third kappa shape index (κ3) is 6.43. The maximum Gasteiger partial charge on any atom is 0.241 e. The molecule has 3 aromatic heterocycles. The number of fused-ring (bicyclic) bond motifs is 1. The zero-order valence-electron chi connectivity index (χ0n) is 20.6. The first-order valence-electron chi connectivity index (χ1n) is 12.0. The Morgan fingerprint density at radius 1 is 1.21 bits per heavy atom. The molecule has 0 spiro atoms. The number of aromatic nitrogens is 5. The number of hydrogen-bond donors (Lipinski definition) is 2. The molecular formula is C25H37N7O. The van der Waals surface area contributed by atoms with Crippen LogP contribution >= 0.6 is 0 Å². The fraction of sp³-hybridized carbons (Fsp3) is 0.520. The summed E-state index contributed by atoms with van der Waals surface area (Å²) in [4.78, 5) is 26.9. The van der Waals surface area contributed by atoms with E-state index in [0.29, 0.717) is 0 Å². The highest BCUT2D eigenvalue weighted by Gasteiger charge is 2.19. The number of hydrogen-bond acceptors (Lipinski definition) is 5. The Hall–Kier alpha value is -3.16. The fourth-order valence-corrected chi connectivity index (χ4v) is 3.64. The van der Waals surface area contributed by atoms with Crippen molar-refractivity contribution in [3.8, 4) is 11.3 Å². The van der Waals surface area contributed by atoms with Crippen LogP contribution in [0.1, 0.15) is 59.4 Å². The van der Waals surface area contributed by atoms with Crippen molar-refractivity contribution in [1.29, 1.82) is 0 Å². The van der Waals surface area contributed by atoms with Gasteiger partial charge in [-0.3, -0.25) is 9.48 Å². The van der Waals surface area contributed by atoms with Gasteiger partial charge in [-0.1, -0.05) is 33.8 Å². The number of likely N-dealkylation sites (tertiary alicyclic amines) is 1. The molecule has 0 aliphatic carbocycles. The molecule has 1 aliphatic heterocycles. The number of aryl methyl sites for hydroxylation is 1. The number of amides is 1. The van der Waals surface area contributed by atoms with E-state index in [2.05, 4.69) is 54.2 Å². The average Bonchev–Trinajstić information content (AvgIpc) is 3.56. The minimum Gasteiger partial charge on any atom is -0.376 e. The Labute approximate surface area is 196 Å². The summed E-state index contributed by atoms with van der Waals surface area (Å²) in [7, 11) is 0. The Bertz CT molecular complexity index is 1070. The number of allylic oxidation sites excluding steroid dienone is 1. The van der Waals surface area contributed by atoms with Crippen molar-refractivity contribution in [2.24, 2.45) is 5.92 Å². The highest BCUT2D eigenvalue weighted by Crippen LogP contribution is 2.24. The highest BCUT2D eigenvalue weighted by molar-refractivity contribution is 5.89. The molecule has 0 radical (unpaired) electrons. The maximum absolute atomic E-state index is 12.4. The molecule has 1 saturated heterocycles. The fourth-order valence-electron chi connectivity index (χ4n) is 3.64. The van der Waals surface area contributed by atoms with Gasteiger partial charge < -0.3 is 15.2 Å². The summed E-state index contributed by atoms with van der Waals surface area (Å²) < 4.78 is 1.87. The number of rotatable bonds is 7. The molecular weight excluding hydrogens is 414 g/mol. The van der Waals surface area contributed by atoms with Gasteiger partial charge in [-0.25, -0.2) is 9.97 Å². The lowest BCUT2D eigenvalue weighted by Crippen LogP contribution is -2.35. The summed E-state index contributed by atoms with van der Waals surface area (Å²) in [6, 6.07) is 0. The van der Waals surface area contributed by atoms with Gasteiger partial charge in [0.25, 0.3) is 0 Å². The van der Waals surface area contributed by atoms with E-state index in [-0.39, 0.29) is 12.5 Å². The molecule has 178 valence electrons. The molecule has 1 amide bonds. The second-order valence-corrected chi connectivity index (χ2v) is 8.94. The summed E-state index contributed by atoms with van der Waals surface area (Å²) in [5, 5.41) is 7.66. The van der Waals surface area contributed by atoms with E-state index in [4.69, 9.17) is 4.98 Å². The molecule has 8 heteroatoms. The van der Waals surface area contributed by atoms with Crippen LogP contribution in [0.3, 0.4) is 0 Å². The van der Waals surface area contributed by atoms with Crippen LogP contribution in [0.4, 0.5) is 0 Å². The quantitative estimate of drug-likeness (QED) is 0.553. The molecule has 0 unspecified atom stereocenters. The molecule has 3 aromatic rings. The molecule has 4 heterocycles. The number of carbonyl (C=O) groups is 1. The van der Waals surface area contributed by atoms with Crippen molar-refractivity contribution in [3.05, 3.63) is 36.4 Å². The van der Waals surface area contributed by atoms with Crippen LogP contribution in [0.15, 0.2) is 30.9 Å². The summed E-state index contributed by atoms with van der Waals surface area (Å²) in [6.45, 7) is 13.4. The number of nitrogens with zero attached hydrogens (tertiary/aromatic N) is 5. The normalized spacial score (nSPS) is 14.0. The van der Waals surface area contributed by atoms with Gasteiger partial charge in [-0.05, 0) is 32.1 Å². The Balaban J connectivity index is 0.000000709. The van der Waals surface area contributed by atoms with Crippen LogP contribution in [0.25, 0.3) is 28.1 Å². The monoisotopic (exact) mass is 451 g/mol. The molecule has 0 atom stereocenters. The number of carbonyl (C=O) groups excluding carboxylic acids is 1. The zero-order chi connectivity index (χ0) is 23.8. The van der Waals surface area contributed by atoms with Crippen LogP contribution in [0, 0.1) is 5.92 Å². The van der Waals surface area contributed by atoms with Gasteiger partial charge in [0.2, 0.25) is 5.91 Å². The lowest BCUT2D eigenvalue weighted by molar-refractivity contribution is -0.128. The molecule has 0 saturated carbocycles. The first kappa shape index (κ1) is 24.5. The second kappa shape index (κ2) is 11.6. The predicted molar refractivity (Wildman–Crippen MR) is 133 cm³/mol. The van der Waals surface area contributed by atoms with Crippen LogP contribution in [0.5, 0.6) is 0 Å². The van der Waals surface area contributed by atoms with E-state index in [1.807, 2.05) is 28.9 Å². The van der Waals surface area contributed by atoms with Gasteiger partial charge in [0.05, 0.1) is 24.6 Å². The topological polar surface area (TPSA) is 91.7 Å². The van der Waals surface area contributed by atoms with E-state index >= 15 is 0 Å². The smallest absolute Gasteiger partial charge is 0.241 e. The van der Waals surface area contributed by atoms with Crippen LogP contribution in [-0.2, 0) is 11.3 Å².